The van der Waals surface area contributed by atoms with E-state index in [1.165, 1.54) is 12.1 Å². The highest BCUT2D eigenvalue weighted by Gasteiger charge is 2.26. The summed E-state index contributed by atoms with van der Waals surface area (Å²) in [5, 5.41) is 3.35. The molecule has 3 rings (SSSR count). The van der Waals surface area contributed by atoms with Crippen LogP contribution in [0.3, 0.4) is 0 Å². The van der Waals surface area contributed by atoms with Crippen molar-refractivity contribution < 1.29 is 9.13 Å². The van der Waals surface area contributed by atoms with Crippen molar-refractivity contribution in [2.75, 3.05) is 51.2 Å². The maximum absolute atomic E-state index is 13.2. The Balaban J connectivity index is 1.68. The minimum atomic E-state index is -0.213. The van der Waals surface area contributed by atoms with Crippen LogP contribution in [-0.2, 0) is 0 Å². The average Bonchev–Trinajstić information content (AvgIpc) is 2.41. The van der Waals surface area contributed by atoms with E-state index in [9.17, 15) is 4.39 Å². The Hall–Kier alpha value is -1.33. The summed E-state index contributed by atoms with van der Waals surface area (Å²) >= 11 is 0. The Kier molecular flexibility index (Phi) is 3.57. The molecule has 1 fully saturated rings. The van der Waals surface area contributed by atoms with E-state index in [1.54, 1.807) is 6.07 Å². The lowest BCUT2D eigenvalue weighted by atomic mass is 10.2. The molecule has 0 saturated carbocycles. The molecule has 2 heterocycles. The van der Waals surface area contributed by atoms with Gasteiger partial charge in [-0.05, 0) is 12.1 Å². The van der Waals surface area contributed by atoms with Gasteiger partial charge in [-0.1, -0.05) is 0 Å². The number of hydrogen-bond acceptors (Lipinski definition) is 4. The predicted octanol–water partition coefficient (Wildman–Crippen LogP) is 0.928. The van der Waals surface area contributed by atoms with Gasteiger partial charge in [-0.25, -0.2) is 4.39 Å². The number of piperazine rings is 1. The third-order valence-corrected chi connectivity index (χ3v) is 3.77. The Morgan fingerprint density at radius 3 is 2.95 bits per heavy atom. The normalized spacial score (nSPS) is 23.9. The zero-order valence-corrected chi connectivity index (χ0v) is 11.2. The lowest BCUT2D eigenvalue weighted by Crippen LogP contribution is -2.50. The Labute approximate surface area is 113 Å². The van der Waals surface area contributed by atoms with E-state index in [0.717, 1.165) is 50.7 Å². The Bertz CT molecular complexity index is 448. The topological polar surface area (TPSA) is 27.7 Å². The molecule has 4 nitrogen and oxygen atoms in total. The molecule has 0 radical (unpaired) electrons. The first kappa shape index (κ1) is 12.7. The van der Waals surface area contributed by atoms with Gasteiger partial charge in [-0.3, -0.25) is 4.90 Å². The summed E-state index contributed by atoms with van der Waals surface area (Å²) in [7, 11) is 1.99. The molecule has 0 bridgehead atoms. The second kappa shape index (κ2) is 5.35. The quantitative estimate of drug-likeness (QED) is 0.861. The average molecular weight is 265 g/mol. The van der Waals surface area contributed by atoms with E-state index in [2.05, 4.69) is 15.1 Å². The summed E-state index contributed by atoms with van der Waals surface area (Å²) in [6.07, 6.45) is 0.154. The summed E-state index contributed by atoms with van der Waals surface area (Å²) < 4.78 is 19.2. The molecule has 1 atom stereocenters. The number of ether oxygens (including phenoxy) is 1. The molecule has 1 saturated heterocycles. The number of halogens is 1. The maximum atomic E-state index is 13.2. The van der Waals surface area contributed by atoms with Gasteiger partial charge in [-0.2, -0.15) is 0 Å². The molecule has 0 aromatic heterocycles. The van der Waals surface area contributed by atoms with Gasteiger partial charge in [0.25, 0.3) is 0 Å². The first-order valence-electron chi connectivity index (χ1n) is 6.83. The first-order chi connectivity index (χ1) is 9.22. The molecule has 0 spiro atoms. The van der Waals surface area contributed by atoms with Gasteiger partial charge < -0.3 is 15.0 Å². The Morgan fingerprint density at radius 2 is 2.16 bits per heavy atom. The van der Waals surface area contributed by atoms with Gasteiger partial charge in [0, 0.05) is 45.8 Å². The third kappa shape index (κ3) is 2.82. The predicted molar refractivity (Wildman–Crippen MR) is 73.4 cm³/mol. The van der Waals surface area contributed by atoms with Crippen LogP contribution in [0.1, 0.15) is 0 Å². The molecule has 2 aliphatic heterocycles. The highest BCUT2D eigenvalue weighted by molar-refractivity contribution is 5.59. The second-order valence-electron chi connectivity index (χ2n) is 5.28. The van der Waals surface area contributed by atoms with Crippen LogP contribution in [0.5, 0.6) is 5.75 Å². The lowest BCUT2D eigenvalue weighted by Gasteiger charge is -2.37. The smallest absolute Gasteiger partial charge is 0.143 e. The summed E-state index contributed by atoms with van der Waals surface area (Å²) in [5.74, 6) is 0.574. The van der Waals surface area contributed by atoms with Gasteiger partial charge in [0.05, 0.1) is 12.2 Å². The van der Waals surface area contributed by atoms with E-state index in [-0.39, 0.29) is 11.9 Å². The zero-order valence-electron chi connectivity index (χ0n) is 11.2. The van der Waals surface area contributed by atoms with Gasteiger partial charge in [0.2, 0.25) is 0 Å². The number of nitrogens with zero attached hydrogens (tertiary/aromatic N) is 2. The molecule has 5 heteroatoms. The SMILES string of the molecule is CN1CC(CN2CCNCC2)Oc2ccc(F)cc21. The first-order valence-corrected chi connectivity index (χ1v) is 6.83. The number of hydrogen-bond donors (Lipinski definition) is 1. The monoisotopic (exact) mass is 265 g/mol. The van der Waals surface area contributed by atoms with Crippen LogP contribution in [-0.4, -0.2) is 57.3 Å². The second-order valence-corrected chi connectivity index (χ2v) is 5.28. The van der Waals surface area contributed by atoms with E-state index in [0.29, 0.717) is 0 Å². The minimum Gasteiger partial charge on any atom is -0.485 e. The van der Waals surface area contributed by atoms with Crippen LogP contribution >= 0.6 is 0 Å². The van der Waals surface area contributed by atoms with Crippen molar-refractivity contribution in [2.24, 2.45) is 0 Å². The summed E-state index contributed by atoms with van der Waals surface area (Å²) in [6.45, 7) is 5.97. The Morgan fingerprint density at radius 1 is 1.37 bits per heavy atom. The van der Waals surface area contributed by atoms with E-state index in [1.807, 2.05) is 7.05 Å². The lowest BCUT2D eigenvalue weighted by molar-refractivity contribution is 0.121. The third-order valence-electron chi connectivity index (χ3n) is 3.77. The molecule has 0 amide bonds. The number of nitrogens with one attached hydrogen (secondary N) is 1. The molecule has 1 N–H and O–H groups in total. The fraction of sp³-hybridized carbons (Fsp3) is 0.571. The molecular formula is C14H20FN3O. The highest BCUT2D eigenvalue weighted by atomic mass is 19.1. The minimum absolute atomic E-state index is 0.154. The molecule has 1 aromatic carbocycles. The maximum Gasteiger partial charge on any atom is 0.143 e. The number of anilines is 1. The molecule has 1 unspecified atom stereocenters. The van der Waals surface area contributed by atoms with E-state index in [4.69, 9.17) is 4.74 Å². The van der Waals surface area contributed by atoms with Crippen LogP contribution in [0.25, 0.3) is 0 Å². The van der Waals surface area contributed by atoms with Gasteiger partial charge in [0.15, 0.2) is 0 Å². The van der Waals surface area contributed by atoms with E-state index >= 15 is 0 Å². The van der Waals surface area contributed by atoms with Crippen LogP contribution < -0.4 is 15.0 Å². The van der Waals surface area contributed by atoms with Crippen molar-refractivity contribution >= 4 is 5.69 Å². The number of rotatable bonds is 2. The zero-order chi connectivity index (χ0) is 13.2. The molecule has 2 aliphatic rings. The number of benzene rings is 1. The molecule has 19 heavy (non-hydrogen) atoms. The van der Waals surface area contributed by atoms with Gasteiger partial charge in [0.1, 0.15) is 17.7 Å². The number of fused-ring (bicyclic) bond motifs is 1. The van der Waals surface area contributed by atoms with Crippen molar-refractivity contribution in [3.63, 3.8) is 0 Å². The standard InChI is InChI=1S/C14H20FN3O/c1-17-9-12(10-18-6-4-16-5-7-18)19-14-3-2-11(15)8-13(14)17/h2-3,8,12,16H,4-7,9-10H2,1H3. The van der Waals surface area contributed by atoms with Crippen molar-refractivity contribution in [1.82, 2.24) is 10.2 Å². The van der Waals surface area contributed by atoms with Gasteiger partial charge >= 0.3 is 0 Å². The largest absolute Gasteiger partial charge is 0.485 e. The van der Waals surface area contributed by atoms with E-state index < -0.39 is 0 Å². The number of likely N-dealkylation sites (N-methyl/N-ethyl adjacent to an activating group) is 1. The highest BCUT2D eigenvalue weighted by Crippen LogP contribution is 2.33. The molecular weight excluding hydrogens is 245 g/mol. The van der Waals surface area contributed by atoms with Crippen molar-refractivity contribution in [3.8, 4) is 5.75 Å². The van der Waals surface area contributed by atoms with Crippen molar-refractivity contribution in [1.29, 1.82) is 0 Å². The van der Waals surface area contributed by atoms with Crippen LogP contribution in [0.15, 0.2) is 18.2 Å². The summed E-state index contributed by atoms with van der Waals surface area (Å²) in [4.78, 5) is 4.50. The van der Waals surface area contributed by atoms with Crippen molar-refractivity contribution in [2.45, 2.75) is 6.10 Å². The van der Waals surface area contributed by atoms with Crippen LogP contribution in [0.4, 0.5) is 10.1 Å². The molecule has 104 valence electrons. The fourth-order valence-electron chi connectivity index (χ4n) is 2.79. The van der Waals surface area contributed by atoms with Crippen molar-refractivity contribution in [3.05, 3.63) is 24.0 Å². The van der Waals surface area contributed by atoms with Crippen LogP contribution in [0, 0.1) is 5.82 Å². The van der Waals surface area contributed by atoms with Crippen LogP contribution in [0.2, 0.25) is 0 Å². The molecule has 0 aliphatic carbocycles. The summed E-state index contributed by atoms with van der Waals surface area (Å²) in [6, 6.07) is 4.72. The van der Waals surface area contributed by atoms with Gasteiger partial charge in [-0.15, -0.1) is 0 Å². The molecule has 1 aromatic rings. The summed E-state index contributed by atoms with van der Waals surface area (Å²) in [5.41, 5.74) is 0.844. The fourth-order valence-corrected chi connectivity index (χ4v) is 2.79.